The molecule has 0 saturated carbocycles. The second-order valence-corrected chi connectivity index (χ2v) is 7.38. The fraction of sp³-hybridized carbons (Fsp3) is 0.900. The van der Waals surface area contributed by atoms with Gasteiger partial charge in [-0.1, -0.05) is 0 Å². The molecule has 0 aromatic heterocycles. The molecular weight excluding hydrogens is 246 g/mol. The summed E-state index contributed by atoms with van der Waals surface area (Å²) in [5.74, 6) is -1.14. The molecule has 0 amide bonds. The number of hydrogen-bond donors (Lipinski definition) is 2. The number of carboxylic acids is 1. The monoisotopic (exact) mass is 265 g/mol. The van der Waals surface area contributed by atoms with E-state index in [1.54, 1.807) is 18.7 Å². The summed E-state index contributed by atoms with van der Waals surface area (Å²) in [5, 5.41) is 18.5. The molecule has 17 heavy (non-hydrogen) atoms. The molecule has 100 valence electrons. The average molecular weight is 265 g/mol. The first-order chi connectivity index (χ1) is 7.59. The zero-order valence-corrected chi connectivity index (χ0v) is 10.9. The van der Waals surface area contributed by atoms with Gasteiger partial charge in [0.1, 0.15) is 0 Å². The van der Waals surface area contributed by atoms with Gasteiger partial charge in [0.25, 0.3) is 0 Å². The van der Waals surface area contributed by atoms with Crippen LogP contribution in [0.4, 0.5) is 0 Å². The third kappa shape index (κ3) is 5.01. The maximum Gasteiger partial charge on any atom is 0.304 e. The van der Waals surface area contributed by atoms with Crippen molar-refractivity contribution in [3.05, 3.63) is 0 Å². The average Bonchev–Trinajstić information content (AvgIpc) is 2.06. The van der Waals surface area contributed by atoms with Gasteiger partial charge in [-0.15, -0.1) is 0 Å². The van der Waals surface area contributed by atoms with Gasteiger partial charge in [-0.2, -0.15) is 0 Å². The zero-order chi connectivity index (χ0) is 13.3. The molecule has 0 aromatic carbocycles. The van der Waals surface area contributed by atoms with E-state index in [1.807, 2.05) is 0 Å². The number of aliphatic hydroxyl groups is 1. The van der Waals surface area contributed by atoms with Crippen LogP contribution in [0, 0.1) is 0 Å². The summed E-state index contributed by atoms with van der Waals surface area (Å²) in [7, 11) is -3.15. The van der Waals surface area contributed by atoms with E-state index >= 15 is 0 Å². The van der Waals surface area contributed by atoms with Crippen LogP contribution in [0.1, 0.15) is 20.3 Å². The van der Waals surface area contributed by atoms with Crippen LogP contribution in [-0.2, 0) is 14.6 Å². The highest BCUT2D eigenvalue weighted by molar-refractivity contribution is 7.91. The van der Waals surface area contributed by atoms with Crippen molar-refractivity contribution < 1.29 is 23.4 Å². The quantitative estimate of drug-likeness (QED) is 0.700. The van der Waals surface area contributed by atoms with E-state index in [0.717, 1.165) is 0 Å². The molecule has 1 aliphatic rings. The summed E-state index contributed by atoms with van der Waals surface area (Å²) in [4.78, 5) is 12.5. The van der Waals surface area contributed by atoms with Crippen molar-refractivity contribution in [2.45, 2.75) is 31.9 Å². The molecule has 1 saturated heterocycles. The molecule has 0 aliphatic carbocycles. The molecule has 2 N–H and O–H groups in total. The van der Waals surface area contributed by atoms with Crippen molar-refractivity contribution in [3.63, 3.8) is 0 Å². The Morgan fingerprint density at radius 3 is 2.53 bits per heavy atom. The Morgan fingerprint density at radius 1 is 1.47 bits per heavy atom. The minimum Gasteiger partial charge on any atom is -0.481 e. The summed E-state index contributed by atoms with van der Waals surface area (Å²) in [5.41, 5.74) is -0.960. The van der Waals surface area contributed by atoms with Gasteiger partial charge in [0.05, 0.1) is 23.5 Å². The molecule has 1 fully saturated rings. The van der Waals surface area contributed by atoms with Gasteiger partial charge in [0.2, 0.25) is 0 Å². The van der Waals surface area contributed by atoms with Crippen LogP contribution in [-0.4, -0.2) is 65.7 Å². The summed E-state index contributed by atoms with van der Waals surface area (Å²) < 4.78 is 22.9. The number of β-amino-alcohol motifs (C(OH)–C–C–N with tert-alkyl or cyclic N) is 1. The molecule has 1 aliphatic heterocycles. The predicted octanol–water partition coefficient (Wildman–Crippen LogP) is -0.669. The number of carbonyl (C=O) groups is 1. The normalized spacial score (nSPS) is 25.7. The number of rotatable bonds is 4. The summed E-state index contributed by atoms with van der Waals surface area (Å²) in [6, 6.07) is -0.544. The Balaban J connectivity index is 2.77. The Bertz CT molecular complexity index is 384. The number of aliphatic carboxylic acids is 1. The first-order valence-electron chi connectivity index (χ1n) is 5.48. The fourth-order valence-electron chi connectivity index (χ4n) is 2.02. The Hall–Kier alpha value is -0.660. The second-order valence-electron chi connectivity index (χ2n) is 5.15. The van der Waals surface area contributed by atoms with Crippen molar-refractivity contribution in [1.82, 2.24) is 4.90 Å². The van der Waals surface area contributed by atoms with Crippen LogP contribution in [0.5, 0.6) is 0 Å². The van der Waals surface area contributed by atoms with Crippen molar-refractivity contribution in [3.8, 4) is 0 Å². The van der Waals surface area contributed by atoms with E-state index in [2.05, 4.69) is 0 Å². The molecule has 6 nitrogen and oxygen atoms in total. The van der Waals surface area contributed by atoms with E-state index in [9.17, 15) is 18.3 Å². The molecule has 0 spiro atoms. The molecule has 1 atom stereocenters. The molecular formula is C10H19NO5S. The van der Waals surface area contributed by atoms with Crippen molar-refractivity contribution >= 4 is 15.8 Å². The van der Waals surface area contributed by atoms with Crippen LogP contribution in [0.2, 0.25) is 0 Å². The van der Waals surface area contributed by atoms with E-state index in [4.69, 9.17) is 5.11 Å². The van der Waals surface area contributed by atoms with E-state index in [-0.39, 0.29) is 31.0 Å². The van der Waals surface area contributed by atoms with Crippen LogP contribution < -0.4 is 0 Å². The van der Waals surface area contributed by atoms with E-state index < -0.39 is 27.4 Å². The highest BCUT2D eigenvalue weighted by Crippen LogP contribution is 2.18. The highest BCUT2D eigenvalue weighted by atomic mass is 32.2. The lowest BCUT2D eigenvalue weighted by atomic mass is 10.1. The highest BCUT2D eigenvalue weighted by Gasteiger charge is 2.34. The molecule has 1 unspecified atom stereocenters. The minimum atomic E-state index is -3.15. The van der Waals surface area contributed by atoms with Crippen LogP contribution in [0.25, 0.3) is 0 Å². The van der Waals surface area contributed by atoms with Gasteiger partial charge < -0.3 is 10.2 Å². The van der Waals surface area contributed by atoms with Gasteiger partial charge in [0.15, 0.2) is 9.84 Å². The van der Waals surface area contributed by atoms with Crippen LogP contribution in [0.15, 0.2) is 0 Å². The van der Waals surface area contributed by atoms with Crippen LogP contribution >= 0.6 is 0 Å². The lowest BCUT2D eigenvalue weighted by Crippen LogP contribution is -2.53. The first kappa shape index (κ1) is 14.4. The number of carboxylic acid groups (broad SMARTS) is 1. The standard InChI is InChI=1S/C10H19NO5S/c1-10(2,14)7-11-3-4-17(15,16)6-8(11)5-9(12)13/h8,14H,3-7H2,1-2H3,(H,12,13). The predicted molar refractivity (Wildman–Crippen MR) is 62.6 cm³/mol. The third-order valence-corrected chi connectivity index (χ3v) is 4.35. The van der Waals surface area contributed by atoms with E-state index in [1.165, 1.54) is 0 Å². The van der Waals surface area contributed by atoms with Gasteiger partial charge in [-0.3, -0.25) is 9.69 Å². The molecule has 7 heteroatoms. The first-order valence-corrected chi connectivity index (χ1v) is 7.30. The van der Waals surface area contributed by atoms with Gasteiger partial charge in [-0.05, 0) is 13.8 Å². The van der Waals surface area contributed by atoms with E-state index in [0.29, 0.717) is 0 Å². The number of nitrogens with zero attached hydrogens (tertiary/aromatic N) is 1. The van der Waals surface area contributed by atoms with Crippen molar-refractivity contribution in [2.75, 3.05) is 24.6 Å². The topological polar surface area (TPSA) is 94.9 Å². The largest absolute Gasteiger partial charge is 0.481 e. The Labute approximate surface area is 101 Å². The van der Waals surface area contributed by atoms with Crippen molar-refractivity contribution in [1.29, 1.82) is 0 Å². The third-order valence-electron chi connectivity index (χ3n) is 2.65. The Morgan fingerprint density at radius 2 is 2.06 bits per heavy atom. The van der Waals surface area contributed by atoms with Crippen molar-refractivity contribution in [2.24, 2.45) is 0 Å². The van der Waals surface area contributed by atoms with Gasteiger partial charge in [-0.25, -0.2) is 8.42 Å². The smallest absolute Gasteiger partial charge is 0.304 e. The van der Waals surface area contributed by atoms with Gasteiger partial charge in [0, 0.05) is 19.1 Å². The SMILES string of the molecule is CC(C)(O)CN1CCS(=O)(=O)CC1CC(=O)O. The second kappa shape index (κ2) is 4.91. The lowest BCUT2D eigenvalue weighted by molar-refractivity contribution is -0.138. The zero-order valence-electron chi connectivity index (χ0n) is 10.1. The fourth-order valence-corrected chi connectivity index (χ4v) is 3.61. The minimum absolute atomic E-state index is 0.0270. The van der Waals surface area contributed by atoms with Gasteiger partial charge >= 0.3 is 5.97 Å². The van der Waals surface area contributed by atoms with Crippen LogP contribution in [0.3, 0.4) is 0 Å². The molecule has 1 rings (SSSR count). The maximum atomic E-state index is 11.5. The lowest BCUT2D eigenvalue weighted by Gasteiger charge is -2.37. The maximum absolute atomic E-state index is 11.5. The molecule has 0 radical (unpaired) electrons. The number of hydrogen-bond acceptors (Lipinski definition) is 5. The molecule has 0 bridgehead atoms. The summed E-state index contributed by atoms with van der Waals surface area (Å²) in [6.45, 7) is 3.80. The summed E-state index contributed by atoms with van der Waals surface area (Å²) >= 11 is 0. The molecule has 1 heterocycles. The number of sulfone groups is 1. The summed E-state index contributed by atoms with van der Waals surface area (Å²) in [6.07, 6.45) is -0.213. The molecule has 0 aromatic rings. The Kier molecular flexibility index (Phi) is 4.16.